The van der Waals surface area contributed by atoms with Crippen LogP contribution in [0.2, 0.25) is 0 Å². The fourth-order valence-electron chi connectivity index (χ4n) is 2.53. The van der Waals surface area contributed by atoms with Crippen LogP contribution in [0.15, 0.2) is 54.6 Å². The van der Waals surface area contributed by atoms with E-state index in [1.54, 1.807) is 17.4 Å². The van der Waals surface area contributed by atoms with Gasteiger partial charge in [0.2, 0.25) is 0 Å². The maximum Gasteiger partial charge on any atom is 0.124 e. The number of rotatable bonds is 0. The third-order valence-corrected chi connectivity index (χ3v) is 4.57. The molecule has 2 heteroatoms. The molecule has 0 unspecified atom stereocenters. The summed E-state index contributed by atoms with van der Waals surface area (Å²) in [6.45, 7) is 0. The topological polar surface area (TPSA) is 20.2 Å². The van der Waals surface area contributed by atoms with Gasteiger partial charge in [0.25, 0.3) is 0 Å². The summed E-state index contributed by atoms with van der Waals surface area (Å²) in [4.78, 5) is 0. The maximum absolute atomic E-state index is 10.1. The summed E-state index contributed by atoms with van der Waals surface area (Å²) >= 11 is 1.75. The zero-order valence-corrected chi connectivity index (χ0v) is 10.4. The Morgan fingerprint density at radius 1 is 0.778 bits per heavy atom. The molecule has 3 aromatic carbocycles. The van der Waals surface area contributed by atoms with Crippen LogP contribution in [0.5, 0.6) is 5.75 Å². The average Bonchev–Trinajstić information content (AvgIpc) is 2.77. The van der Waals surface area contributed by atoms with E-state index >= 15 is 0 Å². The summed E-state index contributed by atoms with van der Waals surface area (Å²) in [6, 6.07) is 18.3. The van der Waals surface area contributed by atoms with E-state index in [4.69, 9.17) is 0 Å². The first-order valence-corrected chi connectivity index (χ1v) is 6.68. The predicted molar refractivity (Wildman–Crippen MR) is 78.5 cm³/mol. The van der Waals surface area contributed by atoms with Gasteiger partial charge in [0.1, 0.15) is 5.75 Å². The Bertz CT molecular complexity index is 889. The predicted octanol–water partition coefficient (Wildman–Crippen LogP) is 4.91. The van der Waals surface area contributed by atoms with Crippen molar-refractivity contribution < 1.29 is 5.11 Å². The van der Waals surface area contributed by atoms with E-state index < -0.39 is 0 Å². The Labute approximate surface area is 108 Å². The SMILES string of the molecule is Oc1cccc2ccc3c4ccccc4sc3c12. The highest BCUT2D eigenvalue weighted by Crippen LogP contribution is 2.40. The minimum absolute atomic E-state index is 0.365. The monoisotopic (exact) mass is 250 g/mol. The Kier molecular flexibility index (Phi) is 1.91. The van der Waals surface area contributed by atoms with Crippen LogP contribution in [0.25, 0.3) is 30.9 Å². The smallest absolute Gasteiger partial charge is 0.124 e. The van der Waals surface area contributed by atoms with Gasteiger partial charge in [-0.15, -0.1) is 11.3 Å². The second-order valence-electron chi connectivity index (χ2n) is 4.42. The van der Waals surface area contributed by atoms with Crippen LogP contribution in [0.1, 0.15) is 0 Å². The molecule has 1 nitrogen and oxygen atoms in total. The zero-order chi connectivity index (χ0) is 12.1. The van der Waals surface area contributed by atoms with E-state index in [0.717, 1.165) is 10.8 Å². The van der Waals surface area contributed by atoms with Crippen LogP contribution in [0.4, 0.5) is 0 Å². The fraction of sp³-hybridized carbons (Fsp3) is 0. The summed E-state index contributed by atoms with van der Waals surface area (Å²) in [6.07, 6.45) is 0. The van der Waals surface area contributed by atoms with Gasteiger partial charge in [-0.1, -0.05) is 42.5 Å². The lowest BCUT2D eigenvalue weighted by Gasteiger charge is -2.01. The molecule has 0 atom stereocenters. The number of phenolic OH excluding ortho intramolecular Hbond substituents is 1. The Hall–Kier alpha value is -2.06. The normalized spacial score (nSPS) is 11.6. The van der Waals surface area contributed by atoms with Gasteiger partial charge >= 0.3 is 0 Å². The van der Waals surface area contributed by atoms with Crippen molar-refractivity contribution in [3.05, 3.63) is 54.6 Å². The molecule has 0 radical (unpaired) electrons. The van der Waals surface area contributed by atoms with E-state index in [-0.39, 0.29) is 0 Å². The third kappa shape index (κ3) is 1.21. The summed E-state index contributed by atoms with van der Waals surface area (Å²) in [5.74, 6) is 0.365. The molecule has 4 rings (SSSR count). The largest absolute Gasteiger partial charge is 0.507 e. The lowest BCUT2D eigenvalue weighted by atomic mass is 10.1. The zero-order valence-electron chi connectivity index (χ0n) is 9.55. The number of hydrogen-bond donors (Lipinski definition) is 1. The first-order chi connectivity index (χ1) is 8.84. The molecule has 0 saturated heterocycles. The van der Waals surface area contributed by atoms with Gasteiger partial charge in [0.15, 0.2) is 0 Å². The van der Waals surface area contributed by atoms with Crippen molar-refractivity contribution in [3.63, 3.8) is 0 Å². The lowest BCUT2D eigenvalue weighted by molar-refractivity contribution is 0.482. The quantitative estimate of drug-likeness (QED) is 0.470. The second-order valence-corrected chi connectivity index (χ2v) is 5.47. The van der Waals surface area contributed by atoms with E-state index in [1.165, 1.54) is 20.2 Å². The van der Waals surface area contributed by atoms with Gasteiger partial charge < -0.3 is 5.11 Å². The van der Waals surface area contributed by atoms with Crippen molar-refractivity contribution >= 4 is 42.3 Å². The van der Waals surface area contributed by atoms with E-state index in [2.05, 4.69) is 36.4 Å². The fourth-order valence-corrected chi connectivity index (χ4v) is 3.80. The Morgan fingerprint density at radius 3 is 2.61 bits per heavy atom. The molecule has 18 heavy (non-hydrogen) atoms. The van der Waals surface area contributed by atoms with Crippen molar-refractivity contribution in [1.29, 1.82) is 0 Å². The summed E-state index contributed by atoms with van der Waals surface area (Å²) in [7, 11) is 0. The first kappa shape index (κ1) is 9.92. The van der Waals surface area contributed by atoms with Crippen LogP contribution in [-0.4, -0.2) is 5.11 Å². The molecule has 0 fully saturated rings. The minimum atomic E-state index is 0.365. The summed E-state index contributed by atoms with van der Waals surface area (Å²) in [5, 5.41) is 14.7. The molecule has 4 aromatic rings. The van der Waals surface area contributed by atoms with Crippen molar-refractivity contribution in [2.24, 2.45) is 0 Å². The average molecular weight is 250 g/mol. The number of hydrogen-bond acceptors (Lipinski definition) is 2. The minimum Gasteiger partial charge on any atom is -0.507 e. The van der Waals surface area contributed by atoms with Crippen molar-refractivity contribution in [2.75, 3.05) is 0 Å². The van der Waals surface area contributed by atoms with Crippen LogP contribution in [-0.2, 0) is 0 Å². The Morgan fingerprint density at radius 2 is 1.67 bits per heavy atom. The molecule has 0 spiro atoms. The molecule has 0 bridgehead atoms. The molecule has 1 aromatic heterocycles. The molecular weight excluding hydrogens is 240 g/mol. The maximum atomic E-state index is 10.1. The van der Waals surface area contributed by atoms with Gasteiger partial charge in [-0.2, -0.15) is 0 Å². The van der Waals surface area contributed by atoms with Gasteiger partial charge in [-0.25, -0.2) is 0 Å². The first-order valence-electron chi connectivity index (χ1n) is 5.86. The number of fused-ring (bicyclic) bond motifs is 5. The molecule has 0 aliphatic heterocycles. The highest BCUT2D eigenvalue weighted by atomic mass is 32.1. The van der Waals surface area contributed by atoms with Gasteiger partial charge in [0.05, 0.1) is 0 Å². The van der Waals surface area contributed by atoms with Gasteiger partial charge in [-0.3, -0.25) is 0 Å². The van der Waals surface area contributed by atoms with Crippen LogP contribution < -0.4 is 0 Å². The van der Waals surface area contributed by atoms with E-state index in [0.29, 0.717) is 5.75 Å². The number of thiophene rings is 1. The van der Waals surface area contributed by atoms with Crippen molar-refractivity contribution in [1.82, 2.24) is 0 Å². The summed E-state index contributed by atoms with van der Waals surface area (Å²) < 4.78 is 2.44. The van der Waals surface area contributed by atoms with Crippen LogP contribution in [0, 0.1) is 0 Å². The number of benzene rings is 3. The number of aromatic hydroxyl groups is 1. The van der Waals surface area contributed by atoms with Crippen LogP contribution >= 0.6 is 11.3 Å². The molecule has 0 aliphatic rings. The summed E-state index contributed by atoms with van der Waals surface area (Å²) in [5.41, 5.74) is 0. The van der Waals surface area contributed by atoms with E-state index in [1.807, 2.05) is 12.1 Å². The molecule has 0 saturated carbocycles. The molecule has 1 heterocycles. The van der Waals surface area contributed by atoms with E-state index in [9.17, 15) is 5.11 Å². The molecule has 0 aliphatic carbocycles. The van der Waals surface area contributed by atoms with Gasteiger partial charge in [-0.05, 0) is 17.5 Å². The van der Waals surface area contributed by atoms with Crippen molar-refractivity contribution in [3.8, 4) is 5.75 Å². The second kappa shape index (κ2) is 3.47. The standard InChI is InChI=1S/C16H10OS/c17-13-6-3-4-10-8-9-12-11-5-1-2-7-14(11)18-16(12)15(10)13/h1-9,17H. The lowest BCUT2D eigenvalue weighted by Crippen LogP contribution is -1.74. The molecule has 1 N–H and O–H groups in total. The third-order valence-electron chi connectivity index (χ3n) is 3.37. The highest BCUT2D eigenvalue weighted by Gasteiger charge is 2.10. The Balaban J connectivity index is 2.35. The molecule has 0 amide bonds. The van der Waals surface area contributed by atoms with Crippen LogP contribution in [0.3, 0.4) is 0 Å². The van der Waals surface area contributed by atoms with Gasteiger partial charge in [0, 0.05) is 25.6 Å². The highest BCUT2D eigenvalue weighted by molar-refractivity contribution is 7.26. The number of phenols is 1. The molecular formula is C16H10OS. The molecule has 86 valence electrons. The van der Waals surface area contributed by atoms with Crippen molar-refractivity contribution in [2.45, 2.75) is 0 Å².